The predicted octanol–water partition coefficient (Wildman–Crippen LogP) is 3.80. The van der Waals surface area contributed by atoms with Crippen LogP contribution < -0.4 is 0 Å². The lowest BCUT2D eigenvalue weighted by molar-refractivity contribution is 0.0345. The zero-order chi connectivity index (χ0) is 10.9. The number of aryl methyl sites for hydroxylation is 1. The van der Waals surface area contributed by atoms with Gasteiger partial charge in [0, 0.05) is 0 Å². The molecule has 0 heterocycles. The van der Waals surface area contributed by atoms with Gasteiger partial charge in [-0.3, -0.25) is 0 Å². The Bertz CT molecular complexity index is 367. The van der Waals surface area contributed by atoms with Gasteiger partial charge >= 0.3 is 0 Å². The topological polar surface area (TPSA) is 0 Å². The second-order valence-corrected chi connectivity index (χ2v) is 3.29. The average molecular weight is 200 g/mol. The number of hydrogen-bond donors (Lipinski definition) is 0. The lowest BCUT2D eigenvalue weighted by Crippen LogP contribution is -2.16. The van der Waals surface area contributed by atoms with Crippen LogP contribution in [0.1, 0.15) is 18.1 Å². The zero-order valence-corrected chi connectivity index (χ0v) is 8.07. The molecule has 0 aliphatic heterocycles. The van der Waals surface area contributed by atoms with Crippen LogP contribution in [0.25, 0.3) is 0 Å². The highest BCUT2D eigenvalue weighted by atomic mass is 19.3. The summed E-state index contributed by atoms with van der Waals surface area (Å²) < 4.78 is 40.1. The molecule has 76 valence electrons. The minimum atomic E-state index is -3.30. The summed E-state index contributed by atoms with van der Waals surface area (Å²) in [6, 6.07) is 3.94. The second kappa shape index (κ2) is 3.48. The second-order valence-electron chi connectivity index (χ2n) is 3.29. The summed E-state index contributed by atoms with van der Waals surface area (Å²) >= 11 is 0. The monoisotopic (exact) mass is 200 g/mol. The first-order valence-corrected chi connectivity index (χ1v) is 4.16. The smallest absolute Gasteiger partial charge is 0.206 e. The molecule has 0 radical (unpaired) electrons. The van der Waals surface area contributed by atoms with Crippen molar-refractivity contribution in [2.75, 3.05) is 0 Å². The van der Waals surface area contributed by atoms with E-state index >= 15 is 0 Å². The quantitative estimate of drug-likeness (QED) is 0.637. The molecule has 14 heavy (non-hydrogen) atoms. The average Bonchev–Trinajstić information content (AvgIpc) is 2.09. The van der Waals surface area contributed by atoms with Crippen molar-refractivity contribution >= 4 is 0 Å². The summed E-state index contributed by atoms with van der Waals surface area (Å²) in [6.07, 6.45) is 0. The Kier molecular flexibility index (Phi) is 2.69. The predicted molar refractivity (Wildman–Crippen MR) is 49.8 cm³/mol. The molecular weight excluding hydrogens is 189 g/mol. The molecule has 0 amide bonds. The fraction of sp³-hybridized carbons (Fsp3) is 0.273. The minimum absolute atomic E-state index is 0.212. The zero-order valence-electron chi connectivity index (χ0n) is 8.07. The first-order valence-electron chi connectivity index (χ1n) is 4.16. The van der Waals surface area contributed by atoms with Gasteiger partial charge in [-0.25, -0.2) is 4.39 Å². The molecule has 0 saturated carbocycles. The molecule has 1 aromatic rings. The van der Waals surface area contributed by atoms with Gasteiger partial charge in [-0.1, -0.05) is 18.7 Å². The Balaban J connectivity index is 3.33. The van der Waals surface area contributed by atoms with E-state index < -0.39 is 17.3 Å². The van der Waals surface area contributed by atoms with Gasteiger partial charge in [-0.2, -0.15) is 8.78 Å². The molecule has 0 aliphatic carbocycles. The molecule has 0 atom stereocenters. The van der Waals surface area contributed by atoms with Crippen LogP contribution in [0.4, 0.5) is 13.2 Å². The van der Waals surface area contributed by atoms with Crippen LogP contribution >= 0.6 is 0 Å². The van der Waals surface area contributed by atoms with Crippen molar-refractivity contribution in [3.05, 3.63) is 47.3 Å². The number of hydrogen-bond acceptors (Lipinski definition) is 0. The summed E-state index contributed by atoms with van der Waals surface area (Å²) in [4.78, 5) is 0. The molecule has 0 nitrogen and oxygen atoms in total. The summed E-state index contributed by atoms with van der Waals surface area (Å²) in [5, 5.41) is 0. The first kappa shape index (κ1) is 10.8. The van der Waals surface area contributed by atoms with Crippen LogP contribution in [0.2, 0.25) is 0 Å². The molecule has 3 heteroatoms. The largest absolute Gasteiger partial charge is 0.296 e. The van der Waals surface area contributed by atoms with Crippen molar-refractivity contribution in [2.24, 2.45) is 0 Å². The molecule has 0 fully saturated rings. The van der Waals surface area contributed by atoms with E-state index in [1.54, 1.807) is 0 Å². The molecule has 1 aromatic carbocycles. The van der Waals surface area contributed by atoms with Gasteiger partial charge in [0.25, 0.3) is 5.92 Å². The highest BCUT2D eigenvalue weighted by molar-refractivity contribution is 5.33. The molecule has 1 rings (SSSR count). The normalized spacial score (nSPS) is 11.5. The maximum atomic E-state index is 13.4. The lowest BCUT2D eigenvalue weighted by atomic mass is 10.0. The van der Waals surface area contributed by atoms with Crippen LogP contribution in [0.5, 0.6) is 0 Å². The third-order valence-corrected chi connectivity index (χ3v) is 2.07. The number of rotatable bonds is 2. The first-order chi connectivity index (χ1) is 6.37. The maximum absolute atomic E-state index is 13.4. The van der Waals surface area contributed by atoms with E-state index in [2.05, 4.69) is 6.58 Å². The number of halogens is 3. The summed E-state index contributed by atoms with van der Waals surface area (Å²) in [7, 11) is 0. The van der Waals surface area contributed by atoms with Gasteiger partial charge < -0.3 is 0 Å². The van der Waals surface area contributed by atoms with Gasteiger partial charge in [0.2, 0.25) is 0 Å². The van der Waals surface area contributed by atoms with E-state index in [1.165, 1.54) is 26.0 Å². The van der Waals surface area contributed by atoms with E-state index in [4.69, 9.17) is 0 Å². The van der Waals surface area contributed by atoms with Crippen molar-refractivity contribution < 1.29 is 13.2 Å². The SMILES string of the molecule is C=C(C)C(F)(F)c1cccc(C)c1F. The summed E-state index contributed by atoms with van der Waals surface area (Å²) in [5.74, 6) is -4.16. The van der Waals surface area contributed by atoms with Gasteiger partial charge in [0.15, 0.2) is 0 Å². The standard InChI is InChI=1S/C11H11F3/c1-7(2)11(13,14)9-6-4-5-8(3)10(9)12/h4-6H,1H2,2-3H3. The molecule has 0 aliphatic rings. The van der Waals surface area contributed by atoms with Crippen LogP contribution in [-0.2, 0) is 5.92 Å². The number of alkyl halides is 2. The lowest BCUT2D eigenvalue weighted by Gasteiger charge is -2.17. The van der Waals surface area contributed by atoms with Crippen molar-refractivity contribution in [2.45, 2.75) is 19.8 Å². The van der Waals surface area contributed by atoms with Crippen LogP contribution in [0.15, 0.2) is 30.4 Å². The summed E-state index contributed by atoms with van der Waals surface area (Å²) in [6.45, 7) is 5.79. The molecule has 0 N–H and O–H groups in total. The van der Waals surface area contributed by atoms with Gasteiger partial charge in [-0.15, -0.1) is 0 Å². The minimum Gasteiger partial charge on any atom is -0.206 e. The maximum Gasteiger partial charge on any atom is 0.296 e. The van der Waals surface area contributed by atoms with Gasteiger partial charge in [0.05, 0.1) is 5.56 Å². The van der Waals surface area contributed by atoms with Gasteiger partial charge in [-0.05, 0) is 31.1 Å². The Labute approximate surface area is 81.1 Å². The Morgan fingerprint density at radius 3 is 2.43 bits per heavy atom. The van der Waals surface area contributed by atoms with Crippen LogP contribution in [0, 0.1) is 12.7 Å². The Morgan fingerprint density at radius 2 is 1.93 bits per heavy atom. The molecule has 0 unspecified atom stereocenters. The van der Waals surface area contributed by atoms with E-state index in [1.807, 2.05) is 0 Å². The van der Waals surface area contributed by atoms with Crippen molar-refractivity contribution in [1.82, 2.24) is 0 Å². The molecule has 0 spiro atoms. The van der Waals surface area contributed by atoms with Crippen molar-refractivity contribution in [3.63, 3.8) is 0 Å². The van der Waals surface area contributed by atoms with E-state index in [9.17, 15) is 13.2 Å². The van der Waals surface area contributed by atoms with Crippen LogP contribution in [0.3, 0.4) is 0 Å². The summed E-state index contributed by atoms with van der Waals surface area (Å²) in [5.41, 5.74) is -0.754. The van der Waals surface area contributed by atoms with Gasteiger partial charge in [0.1, 0.15) is 5.82 Å². The molecular formula is C11H11F3. The highest BCUT2D eigenvalue weighted by Gasteiger charge is 2.35. The Hall–Kier alpha value is -1.25. The molecule has 0 saturated heterocycles. The van der Waals surface area contributed by atoms with Crippen molar-refractivity contribution in [3.8, 4) is 0 Å². The Morgan fingerprint density at radius 1 is 1.36 bits per heavy atom. The number of benzene rings is 1. The van der Waals surface area contributed by atoms with E-state index in [0.29, 0.717) is 0 Å². The third kappa shape index (κ3) is 1.67. The molecule has 0 bridgehead atoms. The fourth-order valence-electron chi connectivity index (χ4n) is 1.12. The fourth-order valence-corrected chi connectivity index (χ4v) is 1.12. The molecule has 0 aromatic heterocycles. The number of allylic oxidation sites excluding steroid dienone is 1. The highest BCUT2D eigenvalue weighted by Crippen LogP contribution is 2.36. The van der Waals surface area contributed by atoms with Crippen molar-refractivity contribution in [1.29, 1.82) is 0 Å². The van der Waals surface area contributed by atoms with Crippen LogP contribution in [-0.4, -0.2) is 0 Å². The van der Waals surface area contributed by atoms with E-state index in [0.717, 1.165) is 6.07 Å². The van der Waals surface area contributed by atoms with E-state index in [-0.39, 0.29) is 11.1 Å². The third-order valence-electron chi connectivity index (χ3n) is 2.07.